The summed E-state index contributed by atoms with van der Waals surface area (Å²) in [6.07, 6.45) is -1.45. The van der Waals surface area contributed by atoms with Gasteiger partial charge >= 0.3 is 17.9 Å². The molecule has 1 aliphatic rings. The third-order valence-corrected chi connectivity index (χ3v) is 7.30. The molecule has 4 rings (SSSR count). The Morgan fingerprint density at radius 3 is 1.56 bits per heavy atom. The number of carbonyl (C=O) groups is 3. The molecule has 7 heteroatoms. The number of esters is 3. The van der Waals surface area contributed by atoms with Crippen LogP contribution in [0.3, 0.4) is 0 Å². The van der Waals surface area contributed by atoms with Crippen molar-refractivity contribution >= 4 is 29.7 Å². The van der Waals surface area contributed by atoms with Crippen molar-refractivity contribution in [2.75, 3.05) is 12.4 Å². The van der Waals surface area contributed by atoms with Crippen molar-refractivity contribution in [2.24, 2.45) is 0 Å². The highest BCUT2D eigenvalue weighted by Crippen LogP contribution is 2.33. The first-order chi connectivity index (χ1) is 17.3. The maximum absolute atomic E-state index is 12.9. The Hall–Kier alpha value is -3.58. The van der Waals surface area contributed by atoms with Gasteiger partial charge in [-0.15, -0.1) is 11.8 Å². The van der Waals surface area contributed by atoms with Gasteiger partial charge in [0.05, 0.1) is 21.9 Å². The lowest BCUT2D eigenvalue weighted by Gasteiger charge is -2.24. The Kier molecular flexibility index (Phi) is 8.10. The molecule has 186 valence electrons. The Morgan fingerprint density at radius 2 is 1.08 bits per heavy atom. The van der Waals surface area contributed by atoms with Gasteiger partial charge in [0.1, 0.15) is 12.7 Å². The molecule has 1 heterocycles. The fraction of sp³-hybridized carbons (Fsp3) is 0.276. The Labute approximate surface area is 215 Å². The van der Waals surface area contributed by atoms with E-state index in [4.69, 9.17) is 14.2 Å². The van der Waals surface area contributed by atoms with E-state index in [0.717, 1.165) is 16.7 Å². The summed E-state index contributed by atoms with van der Waals surface area (Å²) in [5, 5.41) is -0.385. The normalized spacial score (nSPS) is 18.9. The fourth-order valence-corrected chi connectivity index (χ4v) is 5.03. The number of rotatable bonds is 7. The highest BCUT2D eigenvalue weighted by Gasteiger charge is 2.43. The van der Waals surface area contributed by atoms with Crippen LogP contribution in [0.1, 0.15) is 47.8 Å². The summed E-state index contributed by atoms with van der Waals surface area (Å²) in [6.45, 7) is 5.82. The summed E-state index contributed by atoms with van der Waals surface area (Å²) in [5.74, 6) is -1.06. The van der Waals surface area contributed by atoms with E-state index in [1.807, 2.05) is 57.2 Å². The third kappa shape index (κ3) is 6.34. The van der Waals surface area contributed by atoms with E-state index in [1.54, 1.807) is 36.4 Å². The van der Waals surface area contributed by atoms with Crippen LogP contribution in [0.4, 0.5) is 0 Å². The molecule has 0 bridgehead atoms. The van der Waals surface area contributed by atoms with E-state index < -0.39 is 30.1 Å². The average Bonchev–Trinajstić information content (AvgIpc) is 3.24. The zero-order valence-corrected chi connectivity index (χ0v) is 21.2. The van der Waals surface area contributed by atoms with Gasteiger partial charge in [-0.05, 0) is 57.2 Å². The first kappa shape index (κ1) is 25.5. The molecular formula is C29H28O6S. The SMILES string of the molecule is Cc1ccc(C(=O)OC[C@H]2SC[C@H](OC(=O)c3ccc(C)cc3)[C@H]2OC(=O)c2ccc(C)cc2)cc1. The van der Waals surface area contributed by atoms with Gasteiger partial charge in [-0.25, -0.2) is 14.4 Å². The van der Waals surface area contributed by atoms with Crippen LogP contribution in [-0.4, -0.2) is 47.7 Å². The van der Waals surface area contributed by atoms with Gasteiger partial charge in [-0.1, -0.05) is 53.1 Å². The zero-order valence-electron chi connectivity index (χ0n) is 20.4. The highest BCUT2D eigenvalue weighted by molar-refractivity contribution is 8.00. The Bertz CT molecular complexity index is 1220. The van der Waals surface area contributed by atoms with E-state index in [0.29, 0.717) is 22.4 Å². The molecule has 0 aliphatic carbocycles. The summed E-state index contributed by atoms with van der Waals surface area (Å²) < 4.78 is 17.2. The molecule has 1 saturated heterocycles. The number of thioether (sulfide) groups is 1. The van der Waals surface area contributed by atoms with Gasteiger partial charge in [0.25, 0.3) is 0 Å². The quantitative estimate of drug-likeness (QED) is 0.318. The van der Waals surface area contributed by atoms with E-state index >= 15 is 0 Å². The van der Waals surface area contributed by atoms with Crippen molar-refractivity contribution < 1.29 is 28.6 Å². The smallest absolute Gasteiger partial charge is 0.338 e. The minimum Gasteiger partial charge on any atom is -0.461 e. The predicted molar refractivity (Wildman–Crippen MR) is 138 cm³/mol. The second-order valence-corrected chi connectivity index (χ2v) is 10.2. The number of benzene rings is 3. The first-order valence-electron chi connectivity index (χ1n) is 11.7. The van der Waals surface area contributed by atoms with Gasteiger partial charge in [-0.2, -0.15) is 0 Å². The van der Waals surface area contributed by atoms with Crippen molar-refractivity contribution in [1.82, 2.24) is 0 Å². The van der Waals surface area contributed by atoms with Crippen LogP contribution in [0.2, 0.25) is 0 Å². The van der Waals surface area contributed by atoms with Gasteiger partial charge < -0.3 is 14.2 Å². The molecule has 0 saturated carbocycles. The molecule has 0 unspecified atom stereocenters. The van der Waals surface area contributed by atoms with Crippen molar-refractivity contribution in [1.29, 1.82) is 0 Å². The molecule has 0 N–H and O–H groups in total. The van der Waals surface area contributed by atoms with E-state index in [2.05, 4.69) is 0 Å². The van der Waals surface area contributed by atoms with Crippen LogP contribution in [0.15, 0.2) is 72.8 Å². The molecule has 1 fully saturated rings. The molecule has 6 nitrogen and oxygen atoms in total. The molecule has 0 spiro atoms. The number of hydrogen-bond donors (Lipinski definition) is 0. The largest absolute Gasteiger partial charge is 0.461 e. The topological polar surface area (TPSA) is 78.9 Å². The maximum atomic E-state index is 12.9. The minimum atomic E-state index is -0.774. The lowest BCUT2D eigenvalue weighted by Crippen LogP contribution is -2.39. The van der Waals surface area contributed by atoms with Crippen molar-refractivity contribution in [3.63, 3.8) is 0 Å². The molecule has 0 radical (unpaired) electrons. The van der Waals surface area contributed by atoms with Crippen molar-refractivity contribution in [3.05, 3.63) is 106 Å². The van der Waals surface area contributed by atoms with Crippen molar-refractivity contribution in [2.45, 2.75) is 38.2 Å². The number of carbonyl (C=O) groups excluding carboxylic acids is 3. The zero-order chi connectivity index (χ0) is 25.7. The van der Waals surface area contributed by atoms with Crippen LogP contribution in [0.25, 0.3) is 0 Å². The molecule has 0 amide bonds. The third-order valence-electron chi connectivity index (χ3n) is 5.95. The fourth-order valence-electron chi connectivity index (χ4n) is 3.75. The number of aryl methyl sites for hydroxylation is 3. The van der Waals surface area contributed by atoms with E-state index in [1.165, 1.54) is 11.8 Å². The highest BCUT2D eigenvalue weighted by atomic mass is 32.2. The summed E-state index contributed by atoms with van der Waals surface area (Å²) in [7, 11) is 0. The summed E-state index contributed by atoms with van der Waals surface area (Å²) in [6, 6.07) is 21.2. The average molecular weight is 505 g/mol. The standard InChI is InChI=1S/C29H28O6S/c1-18-4-10-21(11-5-18)27(30)33-16-25-26(35-29(32)23-14-8-20(3)9-15-23)24(17-36-25)34-28(31)22-12-6-19(2)7-13-22/h4-15,24-26H,16-17H2,1-3H3/t24-,25+,26+/m0/s1. The van der Waals surface area contributed by atoms with Crippen molar-refractivity contribution in [3.8, 4) is 0 Å². The summed E-state index contributed by atoms with van der Waals surface area (Å²) in [4.78, 5) is 38.2. The predicted octanol–water partition coefficient (Wildman–Crippen LogP) is 5.34. The Morgan fingerprint density at radius 1 is 0.667 bits per heavy atom. The molecular weight excluding hydrogens is 476 g/mol. The van der Waals surface area contributed by atoms with Gasteiger partial charge in [0.15, 0.2) is 6.10 Å². The lowest BCUT2D eigenvalue weighted by atomic mass is 10.1. The minimum absolute atomic E-state index is 0.0157. The molecule has 3 aromatic rings. The lowest BCUT2D eigenvalue weighted by molar-refractivity contribution is -0.0295. The molecule has 3 atom stereocenters. The molecule has 36 heavy (non-hydrogen) atoms. The van der Waals surface area contributed by atoms with E-state index in [-0.39, 0.29) is 11.9 Å². The maximum Gasteiger partial charge on any atom is 0.338 e. The molecule has 3 aromatic carbocycles. The van der Waals surface area contributed by atoms with E-state index in [9.17, 15) is 14.4 Å². The van der Waals surface area contributed by atoms with Gasteiger partial charge in [-0.3, -0.25) is 0 Å². The van der Waals surface area contributed by atoms with Crippen LogP contribution in [0.5, 0.6) is 0 Å². The number of ether oxygens (including phenoxy) is 3. The second kappa shape index (κ2) is 11.4. The number of hydrogen-bond acceptors (Lipinski definition) is 7. The first-order valence-corrected chi connectivity index (χ1v) is 12.8. The van der Waals surface area contributed by atoms with Crippen LogP contribution < -0.4 is 0 Å². The second-order valence-electron chi connectivity index (χ2n) is 8.88. The summed E-state index contributed by atoms with van der Waals surface area (Å²) >= 11 is 1.45. The van der Waals surface area contributed by atoms with Gasteiger partial charge in [0.2, 0.25) is 0 Å². The van der Waals surface area contributed by atoms with Crippen LogP contribution in [-0.2, 0) is 14.2 Å². The Balaban J connectivity index is 1.47. The van der Waals surface area contributed by atoms with Crippen LogP contribution in [0, 0.1) is 20.8 Å². The van der Waals surface area contributed by atoms with Crippen LogP contribution >= 0.6 is 11.8 Å². The molecule has 0 aromatic heterocycles. The van der Waals surface area contributed by atoms with Gasteiger partial charge in [0, 0.05) is 5.75 Å². The molecule has 1 aliphatic heterocycles. The monoisotopic (exact) mass is 504 g/mol. The summed E-state index contributed by atoms with van der Waals surface area (Å²) in [5.41, 5.74) is 4.36.